The fourth-order valence-corrected chi connectivity index (χ4v) is 2.20. The van der Waals surface area contributed by atoms with Crippen LogP contribution in [0.3, 0.4) is 0 Å². The van der Waals surface area contributed by atoms with Gasteiger partial charge in [0.05, 0.1) is 5.56 Å². The van der Waals surface area contributed by atoms with Gasteiger partial charge < -0.3 is 15.0 Å². The fourth-order valence-electron chi connectivity index (χ4n) is 2.20. The van der Waals surface area contributed by atoms with Gasteiger partial charge in [-0.25, -0.2) is 4.79 Å². The highest BCUT2D eigenvalue weighted by molar-refractivity contribution is 5.69. The topological polar surface area (TPSA) is 41.6 Å². The zero-order chi connectivity index (χ0) is 17.3. The normalized spacial score (nSPS) is 16.2. The third-order valence-electron chi connectivity index (χ3n) is 3.38. The summed E-state index contributed by atoms with van der Waals surface area (Å²) in [6.45, 7) is 6.72. The van der Waals surface area contributed by atoms with Crippen molar-refractivity contribution in [2.75, 3.05) is 13.1 Å². The number of likely N-dealkylation sites (tertiary alicyclic amines) is 1. The average molecular weight is 330 g/mol. The van der Waals surface area contributed by atoms with Crippen LogP contribution in [0.2, 0.25) is 0 Å². The Kier molecular flexibility index (Phi) is 4.89. The molecule has 4 nitrogen and oxygen atoms in total. The van der Waals surface area contributed by atoms with Crippen molar-refractivity contribution in [3.8, 4) is 0 Å². The van der Waals surface area contributed by atoms with Crippen LogP contribution < -0.4 is 5.32 Å². The lowest BCUT2D eigenvalue weighted by molar-refractivity contribution is -0.137. The molecule has 0 radical (unpaired) electrons. The summed E-state index contributed by atoms with van der Waals surface area (Å²) < 4.78 is 43.2. The molecule has 0 spiro atoms. The van der Waals surface area contributed by atoms with Crippen molar-refractivity contribution in [3.05, 3.63) is 35.4 Å². The van der Waals surface area contributed by atoms with Crippen LogP contribution in [-0.2, 0) is 17.5 Å². The predicted octanol–water partition coefficient (Wildman–Crippen LogP) is 3.41. The number of hydrogen-bond acceptors (Lipinski definition) is 3. The molecule has 0 atom stereocenters. The van der Waals surface area contributed by atoms with E-state index in [1.807, 2.05) is 0 Å². The van der Waals surface area contributed by atoms with Crippen LogP contribution in [0.4, 0.5) is 18.0 Å². The highest BCUT2D eigenvalue weighted by Crippen LogP contribution is 2.29. The number of carbonyl (C=O) groups excluding carboxylic acids is 1. The second-order valence-corrected chi connectivity index (χ2v) is 6.66. The van der Waals surface area contributed by atoms with Crippen LogP contribution in [0.25, 0.3) is 0 Å². The molecule has 0 bridgehead atoms. The third kappa shape index (κ3) is 5.13. The minimum absolute atomic E-state index is 0.0667. The minimum atomic E-state index is -4.33. The second kappa shape index (κ2) is 6.39. The zero-order valence-electron chi connectivity index (χ0n) is 13.4. The largest absolute Gasteiger partial charge is 0.444 e. The highest BCUT2D eigenvalue weighted by atomic mass is 19.4. The molecule has 23 heavy (non-hydrogen) atoms. The van der Waals surface area contributed by atoms with Crippen LogP contribution in [0, 0.1) is 0 Å². The van der Waals surface area contributed by atoms with Crippen molar-refractivity contribution < 1.29 is 22.7 Å². The summed E-state index contributed by atoms with van der Waals surface area (Å²) >= 11 is 0. The first-order chi connectivity index (χ1) is 10.5. The van der Waals surface area contributed by atoms with E-state index in [2.05, 4.69) is 5.32 Å². The molecule has 1 aliphatic rings. The van der Waals surface area contributed by atoms with Gasteiger partial charge in [-0.3, -0.25) is 0 Å². The molecule has 0 aromatic heterocycles. The lowest BCUT2D eigenvalue weighted by Gasteiger charge is -2.40. The van der Waals surface area contributed by atoms with Crippen molar-refractivity contribution in [2.45, 2.75) is 45.1 Å². The molecule has 128 valence electrons. The van der Waals surface area contributed by atoms with Gasteiger partial charge in [0.15, 0.2) is 0 Å². The molecule has 7 heteroatoms. The molecule has 1 amide bonds. The van der Waals surface area contributed by atoms with Crippen LogP contribution >= 0.6 is 0 Å². The first kappa shape index (κ1) is 17.6. The highest BCUT2D eigenvalue weighted by Gasteiger charge is 2.33. The number of amides is 1. The van der Waals surface area contributed by atoms with Crippen LogP contribution in [0.15, 0.2) is 24.3 Å². The molecule has 1 aromatic rings. The number of carbonyl (C=O) groups is 1. The van der Waals surface area contributed by atoms with Crippen molar-refractivity contribution in [3.63, 3.8) is 0 Å². The lowest BCUT2D eigenvalue weighted by atomic mass is 10.1. The van der Waals surface area contributed by atoms with Gasteiger partial charge in [0.1, 0.15) is 5.60 Å². The number of nitrogens with one attached hydrogen (secondary N) is 1. The number of ether oxygens (including phenoxy) is 1. The van der Waals surface area contributed by atoms with Gasteiger partial charge in [-0.1, -0.05) is 18.2 Å². The van der Waals surface area contributed by atoms with Gasteiger partial charge in [-0.15, -0.1) is 0 Å². The average Bonchev–Trinajstić information content (AvgIpc) is 2.34. The summed E-state index contributed by atoms with van der Waals surface area (Å²) in [7, 11) is 0. The molecule has 1 fully saturated rings. The van der Waals surface area contributed by atoms with Gasteiger partial charge in [-0.05, 0) is 32.4 Å². The van der Waals surface area contributed by atoms with Crippen molar-refractivity contribution in [1.29, 1.82) is 0 Å². The van der Waals surface area contributed by atoms with E-state index >= 15 is 0 Å². The van der Waals surface area contributed by atoms with Crippen molar-refractivity contribution in [1.82, 2.24) is 10.2 Å². The summed E-state index contributed by atoms with van der Waals surface area (Å²) in [5.41, 5.74) is -0.621. The number of alkyl halides is 3. The summed E-state index contributed by atoms with van der Waals surface area (Å²) in [5.74, 6) is 0. The maximum atomic E-state index is 12.6. The Hall–Kier alpha value is -1.76. The van der Waals surface area contributed by atoms with E-state index in [1.165, 1.54) is 6.07 Å². The van der Waals surface area contributed by atoms with E-state index < -0.39 is 17.3 Å². The smallest absolute Gasteiger partial charge is 0.416 e. The summed E-state index contributed by atoms with van der Waals surface area (Å²) in [6, 6.07) is 5.30. The number of benzene rings is 1. The van der Waals surface area contributed by atoms with Gasteiger partial charge in [0.2, 0.25) is 0 Å². The van der Waals surface area contributed by atoms with E-state index in [0.717, 1.165) is 12.1 Å². The number of halogens is 3. The lowest BCUT2D eigenvalue weighted by Crippen LogP contribution is -2.60. The van der Waals surface area contributed by atoms with Gasteiger partial charge in [0, 0.05) is 25.7 Å². The van der Waals surface area contributed by atoms with E-state index in [4.69, 9.17) is 4.74 Å². The molecule has 0 saturated carbocycles. The summed E-state index contributed by atoms with van der Waals surface area (Å²) in [6.07, 6.45) is -4.70. The summed E-state index contributed by atoms with van der Waals surface area (Å²) in [4.78, 5) is 13.3. The maximum absolute atomic E-state index is 12.6. The molecule has 0 aliphatic carbocycles. The predicted molar refractivity (Wildman–Crippen MR) is 79.9 cm³/mol. The third-order valence-corrected chi connectivity index (χ3v) is 3.38. The fraction of sp³-hybridized carbons (Fsp3) is 0.562. The molecular formula is C16H21F3N2O2. The zero-order valence-corrected chi connectivity index (χ0v) is 13.4. The Morgan fingerprint density at radius 3 is 2.52 bits per heavy atom. The first-order valence-corrected chi connectivity index (χ1v) is 7.42. The molecule has 0 unspecified atom stereocenters. The molecular weight excluding hydrogens is 309 g/mol. The van der Waals surface area contributed by atoms with Gasteiger partial charge in [-0.2, -0.15) is 13.2 Å². The number of hydrogen-bond donors (Lipinski definition) is 1. The van der Waals surface area contributed by atoms with Crippen molar-refractivity contribution in [2.24, 2.45) is 0 Å². The Labute approximate surface area is 133 Å². The van der Waals surface area contributed by atoms with Gasteiger partial charge >= 0.3 is 12.3 Å². The SMILES string of the molecule is CC(C)(C)OC(=O)N1CC(NCc2cccc(C(F)(F)F)c2)C1. The number of nitrogens with zero attached hydrogens (tertiary/aromatic N) is 1. The van der Waals surface area contributed by atoms with E-state index in [-0.39, 0.29) is 12.1 Å². The van der Waals surface area contributed by atoms with Crippen LogP contribution in [0.5, 0.6) is 0 Å². The van der Waals surface area contributed by atoms with Crippen LogP contribution in [-0.4, -0.2) is 35.7 Å². The Morgan fingerprint density at radius 2 is 1.96 bits per heavy atom. The molecule has 1 aliphatic heterocycles. The van der Waals surface area contributed by atoms with Crippen molar-refractivity contribution >= 4 is 6.09 Å². The number of rotatable bonds is 3. The standard InChI is InChI=1S/C16H21F3N2O2/c1-15(2,3)23-14(22)21-9-13(10-21)20-8-11-5-4-6-12(7-11)16(17,18)19/h4-7,13,20H,8-10H2,1-3H3. The molecule has 1 heterocycles. The Balaban J connectivity index is 1.78. The van der Waals surface area contributed by atoms with Gasteiger partial charge in [0.25, 0.3) is 0 Å². The minimum Gasteiger partial charge on any atom is -0.444 e. The Morgan fingerprint density at radius 1 is 1.30 bits per heavy atom. The van der Waals surface area contributed by atoms with E-state index in [1.54, 1.807) is 31.7 Å². The molecule has 1 aromatic carbocycles. The monoisotopic (exact) mass is 330 g/mol. The maximum Gasteiger partial charge on any atom is 0.416 e. The second-order valence-electron chi connectivity index (χ2n) is 6.66. The van der Waals surface area contributed by atoms with E-state index in [0.29, 0.717) is 25.2 Å². The summed E-state index contributed by atoms with van der Waals surface area (Å²) in [5, 5.41) is 3.14. The quantitative estimate of drug-likeness (QED) is 0.923. The Bertz CT molecular complexity index is 561. The van der Waals surface area contributed by atoms with E-state index in [9.17, 15) is 18.0 Å². The molecule has 1 N–H and O–H groups in total. The first-order valence-electron chi connectivity index (χ1n) is 7.42. The molecule has 1 saturated heterocycles. The molecule has 2 rings (SSSR count). The van der Waals surface area contributed by atoms with Crippen LogP contribution in [0.1, 0.15) is 31.9 Å².